The minimum absolute atomic E-state index is 0.217. The van der Waals surface area contributed by atoms with Gasteiger partial charge in [0.2, 0.25) is 5.58 Å². The first-order chi connectivity index (χ1) is 13.6. The van der Waals surface area contributed by atoms with E-state index in [-0.39, 0.29) is 6.17 Å². The predicted molar refractivity (Wildman–Crippen MR) is 114 cm³/mol. The van der Waals surface area contributed by atoms with Crippen molar-refractivity contribution in [3.05, 3.63) is 72.6 Å². The Morgan fingerprint density at radius 2 is 1.71 bits per heavy atom. The predicted octanol–water partition coefficient (Wildman–Crippen LogP) is 4.95. The van der Waals surface area contributed by atoms with E-state index in [0.29, 0.717) is 0 Å². The Morgan fingerprint density at radius 3 is 2.46 bits per heavy atom. The average Bonchev–Trinajstić information content (AvgIpc) is 3.22. The summed E-state index contributed by atoms with van der Waals surface area (Å²) >= 11 is 0. The first-order valence-corrected chi connectivity index (χ1v) is 9.65. The van der Waals surface area contributed by atoms with Crippen LogP contribution < -0.4 is 9.47 Å². The largest absolute Gasteiger partial charge is 0.447 e. The van der Waals surface area contributed by atoms with Crippen molar-refractivity contribution in [2.45, 2.75) is 20.0 Å². The minimum atomic E-state index is 0.217. The molecule has 1 aliphatic heterocycles. The number of aromatic nitrogens is 1. The van der Waals surface area contributed by atoms with Crippen LogP contribution in [0.15, 0.2) is 71.4 Å². The van der Waals surface area contributed by atoms with Gasteiger partial charge in [0.05, 0.1) is 7.05 Å². The zero-order chi connectivity index (χ0) is 19.4. The van der Waals surface area contributed by atoms with Gasteiger partial charge in [0.25, 0.3) is 0 Å². The lowest BCUT2D eigenvalue weighted by Gasteiger charge is -2.22. The fourth-order valence-electron chi connectivity index (χ4n) is 4.15. The number of rotatable bonds is 2. The molecule has 4 aromatic rings. The van der Waals surface area contributed by atoms with E-state index >= 15 is 0 Å². The Balaban J connectivity index is 1.90. The second-order valence-electron chi connectivity index (χ2n) is 7.57. The molecule has 140 valence electrons. The maximum Gasteiger partial charge on any atom is 0.327 e. The van der Waals surface area contributed by atoms with Crippen LogP contribution in [0.5, 0.6) is 0 Å². The lowest BCUT2D eigenvalue weighted by molar-refractivity contribution is -0.646. The summed E-state index contributed by atoms with van der Waals surface area (Å²) in [5.41, 5.74) is 5.53. The maximum absolute atomic E-state index is 6.37. The lowest BCUT2D eigenvalue weighted by atomic mass is 10.0. The molecule has 0 bridgehead atoms. The third-order valence-electron chi connectivity index (χ3n) is 5.92. The van der Waals surface area contributed by atoms with Crippen LogP contribution in [0.3, 0.4) is 0 Å². The highest BCUT2D eigenvalue weighted by Gasteiger charge is 2.34. The molecule has 2 aromatic heterocycles. The molecule has 2 aromatic carbocycles. The smallest absolute Gasteiger partial charge is 0.327 e. The van der Waals surface area contributed by atoms with Crippen molar-refractivity contribution < 1.29 is 8.98 Å². The molecule has 0 radical (unpaired) electrons. The van der Waals surface area contributed by atoms with E-state index in [1.165, 1.54) is 16.8 Å². The Kier molecular flexibility index (Phi) is 3.69. The van der Waals surface area contributed by atoms with E-state index < -0.39 is 0 Å². The number of fused-ring (bicyclic) bond motifs is 3. The number of hydrogen-bond acceptors (Lipinski definition) is 3. The van der Waals surface area contributed by atoms with Crippen LogP contribution in [0, 0.1) is 6.92 Å². The Labute approximate surface area is 164 Å². The molecule has 0 fully saturated rings. The number of aryl methyl sites for hydroxylation is 1. The van der Waals surface area contributed by atoms with E-state index in [2.05, 4.69) is 97.2 Å². The van der Waals surface area contributed by atoms with Gasteiger partial charge < -0.3 is 9.32 Å². The van der Waals surface area contributed by atoms with Crippen LogP contribution in [-0.2, 0) is 7.05 Å². The van der Waals surface area contributed by atoms with Gasteiger partial charge >= 0.3 is 5.82 Å². The van der Waals surface area contributed by atoms with Crippen molar-refractivity contribution >= 4 is 27.8 Å². The quantitative estimate of drug-likeness (QED) is 0.466. The molecule has 0 unspecified atom stereocenters. The molecule has 5 rings (SSSR count). The van der Waals surface area contributed by atoms with Crippen LogP contribution >= 0.6 is 0 Å². The molecule has 0 aliphatic carbocycles. The molecule has 0 saturated carbocycles. The fraction of sp³-hybridized carbons (Fsp3) is 0.208. The van der Waals surface area contributed by atoms with Gasteiger partial charge in [-0.2, -0.15) is 0 Å². The molecule has 28 heavy (non-hydrogen) atoms. The minimum Gasteiger partial charge on any atom is -0.447 e. The number of pyridine rings is 1. The van der Waals surface area contributed by atoms with Gasteiger partial charge in [0.1, 0.15) is 17.5 Å². The summed E-state index contributed by atoms with van der Waals surface area (Å²) in [6.45, 7) is 4.37. The molecular formula is C24H24N3O+. The third-order valence-corrected chi connectivity index (χ3v) is 5.92. The fourth-order valence-corrected chi connectivity index (χ4v) is 4.15. The summed E-state index contributed by atoms with van der Waals surface area (Å²) < 4.78 is 8.62. The number of nitrogens with zero attached hydrogens (tertiary/aromatic N) is 3. The molecule has 0 N–H and O–H groups in total. The van der Waals surface area contributed by atoms with Gasteiger partial charge in [-0.05, 0) is 31.5 Å². The van der Waals surface area contributed by atoms with Gasteiger partial charge in [0, 0.05) is 29.6 Å². The molecule has 0 saturated heterocycles. The molecule has 0 spiro atoms. The molecule has 0 amide bonds. The summed E-state index contributed by atoms with van der Waals surface area (Å²) in [5.74, 6) is 1.07. The van der Waals surface area contributed by atoms with Crippen molar-refractivity contribution in [2.75, 3.05) is 11.9 Å². The van der Waals surface area contributed by atoms with Crippen LogP contribution in [0.4, 0.5) is 5.82 Å². The Morgan fingerprint density at radius 1 is 0.964 bits per heavy atom. The van der Waals surface area contributed by atoms with Crippen LogP contribution in [-0.4, -0.2) is 18.1 Å². The average molecular weight is 370 g/mol. The van der Waals surface area contributed by atoms with Gasteiger partial charge in [-0.15, -0.1) is 0 Å². The molecular weight excluding hydrogens is 346 g/mol. The van der Waals surface area contributed by atoms with Crippen molar-refractivity contribution in [1.29, 1.82) is 0 Å². The Bertz CT molecular complexity index is 1240. The van der Waals surface area contributed by atoms with Crippen molar-refractivity contribution in [1.82, 2.24) is 4.90 Å². The summed E-state index contributed by atoms with van der Waals surface area (Å²) in [6, 6.07) is 19.1. The number of hydrogen-bond donors (Lipinski definition) is 0. The lowest BCUT2D eigenvalue weighted by Crippen LogP contribution is -2.43. The van der Waals surface area contributed by atoms with E-state index in [1.807, 2.05) is 12.1 Å². The highest BCUT2D eigenvalue weighted by atomic mass is 16.3. The third kappa shape index (κ3) is 2.34. The molecule has 1 atom stereocenters. The highest BCUT2D eigenvalue weighted by molar-refractivity contribution is 6.08. The number of furan rings is 1. The summed E-state index contributed by atoms with van der Waals surface area (Å²) in [5, 5.41) is 2.30. The van der Waals surface area contributed by atoms with Crippen molar-refractivity contribution in [2.24, 2.45) is 7.05 Å². The first kappa shape index (κ1) is 16.9. The van der Waals surface area contributed by atoms with Crippen LogP contribution in [0.1, 0.15) is 12.5 Å². The zero-order valence-electron chi connectivity index (χ0n) is 16.7. The van der Waals surface area contributed by atoms with E-state index in [1.54, 1.807) is 0 Å². The van der Waals surface area contributed by atoms with Gasteiger partial charge in [-0.25, -0.2) is 9.47 Å². The standard InChI is InChI=1S/C24H24N3O/c1-16-9-5-6-10-18(16)21-15-20-19-11-7-8-12-22(19)28-23(20)24(26(21)4)27-14-13-25(3)17(27)2/h5-15,17H,1-4H3/q+1/t17-/m0/s1. The molecule has 1 aliphatic rings. The van der Waals surface area contributed by atoms with E-state index in [0.717, 1.165) is 27.8 Å². The van der Waals surface area contributed by atoms with Gasteiger partial charge in [-0.3, -0.25) is 0 Å². The summed E-state index contributed by atoms with van der Waals surface area (Å²) in [7, 11) is 4.23. The summed E-state index contributed by atoms with van der Waals surface area (Å²) in [6.07, 6.45) is 4.46. The molecule has 4 heteroatoms. The normalized spacial score (nSPS) is 16.6. The van der Waals surface area contributed by atoms with Gasteiger partial charge in [0.15, 0.2) is 6.17 Å². The number of anilines is 1. The number of benzene rings is 2. The maximum atomic E-state index is 6.37. The number of para-hydroxylation sites is 1. The second-order valence-corrected chi connectivity index (χ2v) is 7.57. The van der Waals surface area contributed by atoms with E-state index in [9.17, 15) is 0 Å². The zero-order valence-corrected chi connectivity index (χ0v) is 16.7. The SMILES string of the molecule is Cc1ccccc1-c1cc2c(oc3ccccc32)c(N2C=CN(C)[C@@H]2C)[n+]1C. The van der Waals surface area contributed by atoms with Gasteiger partial charge in [-0.1, -0.05) is 42.5 Å². The van der Waals surface area contributed by atoms with Crippen molar-refractivity contribution in [3.63, 3.8) is 0 Å². The highest BCUT2D eigenvalue weighted by Crippen LogP contribution is 2.37. The van der Waals surface area contributed by atoms with E-state index in [4.69, 9.17) is 4.42 Å². The monoisotopic (exact) mass is 370 g/mol. The molecule has 3 heterocycles. The molecule has 4 nitrogen and oxygen atoms in total. The van der Waals surface area contributed by atoms with Crippen LogP contribution in [0.25, 0.3) is 33.2 Å². The Hall–Kier alpha value is -3.27. The summed E-state index contributed by atoms with van der Waals surface area (Å²) in [4.78, 5) is 4.49. The van der Waals surface area contributed by atoms with Crippen LogP contribution in [0.2, 0.25) is 0 Å². The van der Waals surface area contributed by atoms with Crippen molar-refractivity contribution in [3.8, 4) is 11.3 Å². The second kappa shape index (κ2) is 6.13. The first-order valence-electron chi connectivity index (χ1n) is 9.65. The topological polar surface area (TPSA) is 23.5 Å².